The highest BCUT2D eigenvalue weighted by Gasteiger charge is 2.41. The standard InChI is InChI=1S/C35H41N7O2/c1-4-15-41-32(43)27-18-36-33(39-31(27)42(41)28-11-10-23-12-14-35(44,5-2)30(23)38-28)37-26-16-24-7-6-13-34(3)21-40(19-22-8-9-22)20-25(17-26)29(24)34/h4,10-11,16-18,22,44H,1,5-9,12-15,19-21H2,2-3H3,(H,36,37,39). The zero-order valence-electron chi connectivity index (χ0n) is 25.8. The van der Waals surface area contributed by atoms with Crippen LogP contribution in [0.15, 0.2) is 47.9 Å². The number of aryl methyl sites for hydroxylation is 2. The summed E-state index contributed by atoms with van der Waals surface area (Å²) in [5, 5.41) is 15.2. The summed E-state index contributed by atoms with van der Waals surface area (Å²) in [6.45, 7) is 11.9. The van der Waals surface area contributed by atoms with E-state index in [1.807, 2.05) is 19.1 Å². The Morgan fingerprint density at radius 1 is 1.14 bits per heavy atom. The Morgan fingerprint density at radius 3 is 2.77 bits per heavy atom. The van der Waals surface area contributed by atoms with Gasteiger partial charge in [0, 0.05) is 36.9 Å². The van der Waals surface area contributed by atoms with Gasteiger partial charge in [-0.05, 0) is 97.7 Å². The summed E-state index contributed by atoms with van der Waals surface area (Å²) in [4.78, 5) is 30.6. The third-order valence-electron chi connectivity index (χ3n) is 10.5. The monoisotopic (exact) mass is 591 g/mol. The lowest BCUT2D eigenvalue weighted by molar-refractivity contribution is 0.0306. The number of rotatable bonds is 8. The second-order valence-corrected chi connectivity index (χ2v) is 13.8. The molecule has 8 rings (SSSR count). The van der Waals surface area contributed by atoms with E-state index in [4.69, 9.17) is 9.97 Å². The molecule has 0 amide bonds. The average Bonchev–Trinajstić information content (AvgIpc) is 3.70. The van der Waals surface area contributed by atoms with Crippen LogP contribution in [0.25, 0.3) is 16.9 Å². The second kappa shape index (κ2) is 10.1. The van der Waals surface area contributed by atoms with Crippen LogP contribution in [0.2, 0.25) is 0 Å². The number of allylic oxidation sites excluding steroid dienone is 1. The summed E-state index contributed by atoms with van der Waals surface area (Å²) in [5.74, 6) is 1.85. The van der Waals surface area contributed by atoms with Gasteiger partial charge in [0.25, 0.3) is 5.56 Å². The number of nitrogens with zero attached hydrogens (tertiary/aromatic N) is 6. The quantitative estimate of drug-likeness (QED) is 0.269. The zero-order valence-corrected chi connectivity index (χ0v) is 25.8. The number of anilines is 2. The van der Waals surface area contributed by atoms with Gasteiger partial charge in [-0.15, -0.1) is 6.58 Å². The molecule has 228 valence electrons. The van der Waals surface area contributed by atoms with Crippen LogP contribution in [0, 0.1) is 5.92 Å². The third kappa shape index (κ3) is 4.43. The average molecular weight is 592 g/mol. The summed E-state index contributed by atoms with van der Waals surface area (Å²) in [6.07, 6.45) is 11.6. The van der Waals surface area contributed by atoms with E-state index in [2.05, 4.69) is 40.8 Å². The molecule has 0 saturated heterocycles. The lowest BCUT2D eigenvalue weighted by Crippen LogP contribution is -2.46. The smallest absolute Gasteiger partial charge is 0.278 e. The number of nitrogens with one attached hydrogen (secondary N) is 1. The largest absolute Gasteiger partial charge is 0.384 e. The van der Waals surface area contributed by atoms with Crippen molar-refractivity contribution in [2.45, 2.75) is 89.3 Å². The van der Waals surface area contributed by atoms with Gasteiger partial charge in [0.1, 0.15) is 11.0 Å². The molecular formula is C35H41N7O2. The van der Waals surface area contributed by atoms with E-state index in [1.165, 1.54) is 43.4 Å². The molecular weight excluding hydrogens is 550 g/mol. The summed E-state index contributed by atoms with van der Waals surface area (Å²) in [7, 11) is 0. The number of hydrogen-bond donors (Lipinski definition) is 2. The van der Waals surface area contributed by atoms with Crippen LogP contribution >= 0.6 is 0 Å². The maximum absolute atomic E-state index is 13.5. The predicted octanol–water partition coefficient (Wildman–Crippen LogP) is 5.27. The molecule has 44 heavy (non-hydrogen) atoms. The van der Waals surface area contributed by atoms with Gasteiger partial charge >= 0.3 is 0 Å². The molecule has 3 aromatic heterocycles. The minimum absolute atomic E-state index is 0.201. The van der Waals surface area contributed by atoms with Gasteiger partial charge in [-0.25, -0.2) is 19.3 Å². The predicted molar refractivity (Wildman–Crippen MR) is 172 cm³/mol. The van der Waals surface area contributed by atoms with Crippen LogP contribution in [0.3, 0.4) is 0 Å². The van der Waals surface area contributed by atoms with Crippen LogP contribution in [0.1, 0.15) is 80.3 Å². The molecule has 2 atom stereocenters. The van der Waals surface area contributed by atoms with Crippen molar-refractivity contribution in [1.82, 2.24) is 29.2 Å². The SMILES string of the molecule is C=CCn1c(=O)c2cnc(Nc3cc4c5c(c3)CN(CC3CC3)CC5(C)CCC4)nc2n1-c1ccc2c(n1)C(O)(CC)CC2. The molecule has 0 bridgehead atoms. The van der Waals surface area contributed by atoms with Gasteiger partial charge in [-0.1, -0.05) is 26.0 Å². The van der Waals surface area contributed by atoms with E-state index in [1.54, 1.807) is 27.2 Å². The van der Waals surface area contributed by atoms with E-state index in [-0.39, 0.29) is 11.0 Å². The van der Waals surface area contributed by atoms with Gasteiger partial charge in [0.2, 0.25) is 5.95 Å². The molecule has 1 saturated carbocycles. The van der Waals surface area contributed by atoms with Crippen molar-refractivity contribution >= 4 is 22.7 Å². The maximum atomic E-state index is 13.5. The Labute approximate surface area is 257 Å². The van der Waals surface area contributed by atoms with Gasteiger partial charge in [-0.2, -0.15) is 4.98 Å². The van der Waals surface area contributed by atoms with Crippen molar-refractivity contribution in [3.63, 3.8) is 0 Å². The summed E-state index contributed by atoms with van der Waals surface area (Å²) >= 11 is 0. The lowest BCUT2D eigenvalue weighted by atomic mass is 9.67. The van der Waals surface area contributed by atoms with Crippen LogP contribution in [0.4, 0.5) is 11.6 Å². The number of benzene rings is 1. The van der Waals surface area contributed by atoms with E-state index in [0.29, 0.717) is 47.9 Å². The van der Waals surface area contributed by atoms with Gasteiger partial charge in [-0.3, -0.25) is 9.69 Å². The highest BCUT2D eigenvalue weighted by molar-refractivity contribution is 5.77. The zero-order chi connectivity index (χ0) is 30.2. The molecule has 2 unspecified atom stereocenters. The topological polar surface area (TPSA) is 101 Å². The Kier molecular flexibility index (Phi) is 6.36. The van der Waals surface area contributed by atoms with Gasteiger partial charge < -0.3 is 10.4 Å². The first-order valence-electron chi connectivity index (χ1n) is 16.3. The van der Waals surface area contributed by atoms with Crippen molar-refractivity contribution in [1.29, 1.82) is 0 Å². The number of aromatic nitrogens is 5. The van der Waals surface area contributed by atoms with Crippen molar-refractivity contribution < 1.29 is 5.11 Å². The molecule has 1 aliphatic heterocycles. The molecule has 9 nitrogen and oxygen atoms in total. The lowest BCUT2D eigenvalue weighted by Gasteiger charge is -2.46. The maximum Gasteiger partial charge on any atom is 0.278 e. The molecule has 0 radical (unpaired) electrons. The van der Waals surface area contributed by atoms with Gasteiger partial charge in [0.05, 0.1) is 12.2 Å². The molecule has 4 aliphatic rings. The van der Waals surface area contributed by atoms with Crippen LogP contribution in [0.5, 0.6) is 0 Å². The fourth-order valence-electron chi connectivity index (χ4n) is 8.22. The first-order valence-corrected chi connectivity index (χ1v) is 16.3. The van der Waals surface area contributed by atoms with E-state index >= 15 is 0 Å². The number of hydrogen-bond acceptors (Lipinski definition) is 7. The molecule has 4 heterocycles. The molecule has 0 spiro atoms. The Balaban J connectivity index is 1.20. The van der Waals surface area contributed by atoms with Gasteiger partial charge in [0.15, 0.2) is 11.5 Å². The number of pyridine rings is 1. The first-order chi connectivity index (χ1) is 21.3. The Morgan fingerprint density at radius 2 is 1.98 bits per heavy atom. The highest BCUT2D eigenvalue weighted by atomic mass is 16.3. The minimum atomic E-state index is -0.962. The third-order valence-corrected chi connectivity index (χ3v) is 10.5. The van der Waals surface area contributed by atoms with Crippen LogP contribution in [-0.2, 0) is 36.9 Å². The Hall–Kier alpha value is -3.82. The van der Waals surface area contributed by atoms with E-state index in [9.17, 15) is 9.90 Å². The molecule has 4 aromatic rings. The van der Waals surface area contributed by atoms with Crippen molar-refractivity contribution in [2.75, 3.05) is 18.4 Å². The molecule has 9 heteroatoms. The fourth-order valence-corrected chi connectivity index (χ4v) is 8.22. The summed E-state index contributed by atoms with van der Waals surface area (Å²) in [5.41, 5.74) is 6.65. The number of aliphatic hydroxyl groups is 1. The Bertz CT molecular complexity index is 1870. The molecule has 3 aliphatic carbocycles. The first kappa shape index (κ1) is 27.7. The molecule has 2 N–H and O–H groups in total. The van der Waals surface area contributed by atoms with Crippen molar-refractivity contribution in [3.8, 4) is 5.82 Å². The van der Waals surface area contributed by atoms with Crippen LogP contribution in [-0.4, -0.2) is 47.4 Å². The fraction of sp³-hybridized carbons (Fsp3) is 0.486. The highest BCUT2D eigenvalue weighted by Crippen LogP contribution is 2.46. The van der Waals surface area contributed by atoms with Crippen molar-refractivity contribution in [3.05, 3.63) is 81.4 Å². The number of fused-ring (bicyclic) bond motifs is 2. The van der Waals surface area contributed by atoms with E-state index < -0.39 is 5.60 Å². The molecule has 1 fully saturated rings. The van der Waals surface area contributed by atoms with Crippen LogP contribution < -0.4 is 10.9 Å². The van der Waals surface area contributed by atoms with E-state index in [0.717, 1.165) is 43.1 Å². The summed E-state index contributed by atoms with van der Waals surface area (Å²) in [6, 6.07) is 8.49. The van der Waals surface area contributed by atoms with Crippen molar-refractivity contribution in [2.24, 2.45) is 5.92 Å². The normalized spacial score (nSPS) is 24.3. The minimum Gasteiger partial charge on any atom is -0.384 e. The summed E-state index contributed by atoms with van der Waals surface area (Å²) < 4.78 is 3.34. The molecule has 1 aromatic carbocycles. The second-order valence-electron chi connectivity index (χ2n) is 13.8.